The van der Waals surface area contributed by atoms with Crippen molar-refractivity contribution >= 4 is 0 Å². The molecule has 0 radical (unpaired) electrons. The number of methoxy groups -OCH3 is 1. The smallest absolute Gasteiger partial charge is 0.166 e. The van der Waals surface area contributed by atoms with E-state index in [1.165, 1.54) is 13.2 Å². The lowest BCUT2D eigenvalue weighted by atomic mass is 9.82. The van der Waals surface area contributed by atoms with E-state index in [1.807, 2.05) is 12.1 Å². The number of halogens is 3. The van der Waals surface area contributed by atoms with Crippen molar-refractivity contribution < 1.29 is 23.0 Å². The molecule has 170 valence electrons. The molecule has 0 atom stereocenters. The number of aryl methyl sites for hydroxylation is 1. The molecule has 32 heavy (non-hydrogen) atoms. The zero-order chi connectivity index (χ0) is 23.3. The molecule has 0 aliphatic heterocycles. The molecule has 2 aromatic carbocycles. The molecule has 3 rings (SSSR count). The van der Waals surface area contributed by atoms with Crippen LogP contribution in [0.5, 0.6) is 0 Å². The Hall–Kier alpha value is -2.79. The van der Waals surface area contributed by atoms with Gasteiger partial charge in [-0.25, -0.2) is 13.2 Å². The van der Waals surface area contributed by atoms with Gasteiger partial charge in [-0.2, -0.15) is 0 Å². The minimum absolute atomic E-state index is 0.0621. The Morgan fingerprint density at radius 1 is 1.03 bits per heavy atom. The maximum absolute atomic E-state index is 14.9. The Bertz CT molecular complexity index is 1000. The van der Waals surface area contributed by atoms with Gasteiger partial charge < -0.3 is 9.84 Å². The van der Waals surface area contributed by atoms with Crippen LogP contribution in [0.25, 0.3) is 11.1 Å². The van der Waals surface area contributed by atoms with Gasteiger partial charge in [-0.05, 0) is 66.7 Å². The van der Waals surface area contributed by atoms with Crippen LogP contribution < -0.4 is 0 Å². The molecule has 0 bridgehead atoms. The van der Waals surface area contributed by atoms with Crippen LogP contribution in [0.1, 0.15) is 49.1 Å². The lowest BCUT2D eigenvalue weighted by Crippen LogP contribution is -2.18. The summed E-state index contributed by atoms with van der Waals surface area (Å²) in [6.07, 6.45) is 4.37. The number of rotatable bonds is 8. The number of aliphatic hydroxyl groups excluding tert-OH is 1. The highest BCUT2D eigenvalue weighted by Crippen LogP contribution is 2.37. The Morgan fingerprint density at radius 3 is 2.31 bits per heavy atom. The van der Waals surface area contributed by atoms with E-state index in [1.54, 1.807) is 24.3 Å². The Balaban J connectivity index is 1.68. The summed E-state index contributed by atoms with van der Waals surface area (Å²) in [7, 11) is 1.42. The van der Waals surface area contributed by atoms with Gasteiger partial charge in [0.2, 0.25) is 0 Å². The quantitative estimate of drug-likeness (QED) is 0.347. The van der Waals surface area contributed by atoms with E-state index in [-0.39, 0.29) is 23.3 Å². The van der Waals surface area contributed by atoms with Crippen molar-refractivity contribution in [2.24, 2.45) is 0 Å². The SMILES string of the molecule is C=C(/C=C(/F)C(=C)CCc1ccc(-c2ccc(C3CCC(O)CC3)c(F)c2F)cc1)OC. The molecule has 0 amide bonds. The molecule has 2 nitrogen and oxygen atoms in total. The van der Waals surface area contributed by atoms with Gasteiger partial charge in [0.15, 0.2) is 11.6 Å². The first-order chi connectivity index (χ1) is 15.3. The molecule has 1 N–H and O–H groups in total. The maximum atomic E-state index is 14.9. The first kappa shape index (κ1) is 23.9. The lowest BCUT2D eigenvalue weighted by Gasteiger charge is -2.26. The number of allylic oxidation sites excluding steroid dienone is 3. The highest BCUT2D eigenvalue weighted by Gasteiger charge is 2.25. The normalized spacial score (nSPS) is 19.0. The zero-order valence-corrected chi connectivity index (χ0v) is 18.3. The molecule has 1 saturated carbocycles. The van der Waals surface area contributed by atoms with Crippen LogP contribution in [-0.4, -0.2) is 18.3 Å². The van der Waals surface area contributed by atoms with Gasteiger partial charge in [-0.3, -0.25) is 0 Å². The van der Waals surface area contributed by atoms with Crippen molar-refractivity contribution in [3.8, 4) is 11.1 Å². The fourth-order valence-electron chi connectivity index (χ4n) is 4.06. The number of hydrogen-bond donors (Lipinski definition) is 1. The largest absolute Gasteiger partial charge is 0.497 e. The van der Waals surface area contributed by atoms with Crippen molar-refractivity contribution in [1.82, 2.24) is 0 Å². The first-order valence-corrected chi connectivity index (χ1v) is 10.8. The van der Waals surface area contributed by atoms with E-state index in [4.69, 9.17) is 4.74 Å². The number of benzene rings is 2. The standard InChI is InChI=1S/C27H29F3O2/c1-17(25(28)16-18(2)32-3)4-5-19-6-8-20(9-7-19)23-14-15-24(27(30)26(23)29)21-10-12-22(31)13-11-21/h6-9,14-16,21-22,31H,1-2,4-5,10-13H2,3H3/b25-16+. The summed E-state index contributed by atoms with van der Waals surface area (Å²) in [5.41, 5.74) is 2.46. The van der Waals surface area contributed by atoms with Gasteiger partial charge in [0, 0.05) is 11.6 Å². The molecule has 1 aliphatic carbocycles. The van der Waals surface area contributed by atoms with E-state index >= 15 is 0 Å². The van der Waals surface area contributed by atoms with Crippen LogP contribution in [0.4, 0.5) is 13.2 Å². The predicted molar refractivity (Wildman–Crippen MR) is 122 cm³/mol. The van der Waals surface area contributed by atoms with E-state index < -0.39 is 17.5 Å². The monoisotopic (exact) mass is 442 g/mol. The van der Waals surface area contributed by atoms with E-state index in [2.05, 4.69) is 13.2 Å². The number of aliphatic hydroxyl groups is 1. The van der Waals surface area contributed by atoms with Crippen LogP contribution in [0, 0.1) is 11.6 Å². The van der Waals surface area contributed by atoms with Gasteiger partial charge in [0.25, 0.3) is 0 Å². The third kappa shape index (κ3) is 5.71. The molecule has 0 saturated heterocycles. The molecule has 0 heterocycles. The Kier molecular flexibility index (Phi) is 7.97. The second-order valence-corrected chi connectivity index (χ2v) is 8.30. The van der Waals surface area contributed by atoms with Crippen LogP contribution in [0.15, 0.2) is 72.8 Å². The first-order valence-electron chi connectivity index (χ1n) is 10.8. The second kappa shape index (κ2) is 10.7. The van der Waals surface area contributed by atoms with E-state index in [0.717, 1.165) is 5.56 Å². The van der Waals surface area contributed by atoms with Crippen molar-refractivity contribution in [3.05, 3.63) is 95.6 Å². The summed E-state index contributed by atoms with van der Waals surface area (Å²) in [4.78, 5) is 0. The molecule has 2 aromatic rings. The van der Waals surface area contributed by atoms with E-state index in [0.29, 0.717) is 55.2 Å². The van der Waals surface area contributed by atoms with Crippen molar-refractivity contribution in [2.45, 2.75) is 50.5 Å². The van der Waals surface area contributed by atoms with Crippen LogP contribution in [-0.2, 0) is 11.2 Å². The van der Waals surface area contributed by atoms with Crippen LogP contribution in [0.2, 0.25) is 0 Å². The maximum Gasteiger partial charge on any atom is 0.166 e. The van der Waals surface area contributed by atoms with Crippen LogP contribution in [0.3, 0.4) is 0 Å². The molecule has 1 aliphatic rings. The molecular formula is C27H29F3O2. The minimum Gasteiger partial charge on any atom is -0.497 e. The predicted octanol–water partition coefficient (Wildman–Crippen LogP) is 7.15. The number of hydrogen-bond acceptors (Lipinski definition) is 2. The minimum atomic E-state index is -0.847. The Labute approximate surface area is 187 Å². The summed E-state index contributed by atoms with van der Waals surface area (Å²) >= 11 is 0. The summed E-state index contributed by atoms with van der Waals surface area (Å²) < 4.78 is 48.5. The molecule has 0 aromatic heterocycles. The molecule has 5 heteroatoms. The second-order valence-electron chi connectivity index (χ2n) is 8.30. The average molecular weight is 443 g/mol. The van der Waals surface area contributed by atoms with Crippen LogP contribution >= 0.6 is 0 Å². The number of ether oxygens (including phenoxy) is 1. The summed E-state index contributed by atoms with van der Waals surface area (Å²) in [5, 5.41) is 9.65. The lowest BCUT2D eigenvalue weighted by molar-refractivity contribution is 0.122. The molecule has 1 fully saturated rings. The molecule has 0 unspecified atom stereocenters. The molecule has 0 spiro atoms. The molecular weight excluding hydrogens is 413 g/mol. The topological polar surface area (TPSA) is 29.5 Å². The third-order valence-corrected chi connectivity index (χ3v) is 6.12. The zero-order valence-electron chi connectivity index (χ0n) is 18.3. The fraction of sp³-hybridized carbons (Fsp3) is 0.333. The Morgan fingerprint density at radius 2 is 1.69 bits per heavy atom. The van der Waals surface area contributed by atoms with Gasteiger partial charge >= 0.3 is 0 Å². The van der Waals surface area contributed by atoms with Gasteiger partial charge in [0.1, 0.15) is 11.6 Å². The van der Waals surface area contributed by atoms with Crippen molar-refractivity contribution in [1.29, 1.82) is 0 Å². The van der Waals surface area contributed by atoms with Gasteiger partial charge in [-0.15, -0.1) is 0 Å². The summed E-state index contributed by atoms with van der Waals surface area (Å²) in [5.74, 6) is -1.97. The fourth-order valence-corrected chi connectivity index (χ4v) is 4.06. The van der Waals surface area contributed by atoms with Gasteiger partial charge in [0.05, 0.1) is 13.2 Å². The summed E-state index contributed by atoms with van der Waals surface area (Å²) in [6.45, 7) is 7.30. The average Bonchev–Trinajstić information content (AvgIpc) is 2.80. The van der Waals surface area contributed by atoms with Crippen molar-refractivity contribution in [3.63, 3.8) is 0 Å². The third-order valence-electron chi connectivity index (χ3n) is 6.12. The summed E-state index contributed by atoms with van der Waals surface area (Å²) in [6, 6.07) is 10.4. The van der Waals surface area contributed by atoms with Gasteiger partial charge in [-0.1, -0.05) is 49.6 Å². The van der Waals surface area contributed by atoms with E-state index in [9.17, 15) is 18.3 Å². The highest BCUT2D eigenvalue weighted by molar-refractivity contribution is 5.65. The highest BCUT2D eigenvalue weighted by atomic mass is 19.2. The van der Waals surface area contributed by atoms with Crippen molar-refractivity contribution in [2.75, 3.05) is 7.11 Å².